The number of hydrogen-bond donors (Lipinski definition) is 3. The molecule has 2 aliphatic heterocycles. The van der Waals surface area contributed by atoms with Gasteiger partial charge in [0.1, 0.15) is 11.5 Å². The Labute approximate surface area is 363 Å². The second-order valence-electron chi connectivity index (χ2n) is 17.1. The summed E-state index contributed by atoms with van der Waals surface area (Å²) in [5, 5.41) is 18.3. The minimum Gasteiger partial charge on any atom is -0.508 e. The van der Waals surface area contributed by atoms with Gasteiger partial charge in [0.25, 0.3) is 0 Å². The number of phenols is 1. The Balaban J connectivity index is 0.000000181. The highest BCUT2D eigenvalue weighted by Gasteiger charge is 2.59. The van der Waals surface area contributed by atoms with Gasteiger partial charge in [0, 0.05) is 44.0 Å². The van der Waals surface area contributed by atoms with Crippen molar-refractivity contribution in [1.29, 1.82) is 0 Å². The van der Waals surface area contributed by atoms with Gasteiger partial charge in [0.15, 0.2) is 6.61 Å². The second kappa shape index (κ2) is 16.7. The van der Waals surface area contributed by atoms with E-state index in [0.717, 1.165) is 36.0 Å². The third-order valence-electron chi connectivity index (χ3n) is 13.6. The number of aromatic hydroxyl groups is 1. The normalized spacial score (nSPS) is 31.3. The molecule has 10 atom stereocenters. The molecule has 2 aliphatic carbocycles. The van der Waals surface area contributed by atoms with Gasteiger partial charge in [-0.05, 0) is 134 Å². The summed E-state index contributed by atoms with van der Waals surface area (Å²) < 4.78 is 42.4. The van der Waals surface area contributed by atoms with Crippen LogP contribution in [0.4, 0.5) is 13.2 Å². The van der Waals surface area contributed by atoms with Crippen LogP contribution >= 0.6 is 46.4 Å². The fourth-order valence-electron chi connectivity index (χ4n) is 10.9. The van der Waals surface area contributed by atoms with Crippen LogP contribution < -0.4 is 15.4 Å². The van der Waals surface area contributed by atoms with Crippen molar-refractivity contribution in [3.05, 3.63) is 127 Å². The Bertz CT molecular complexity index is 2210. The number of rotatable bonds is 6. The predicted octanol–water partition coefficient (Wildman–Crippen LogP) is 12.2. The number of halogens is 7. The zero-order valence-electron chi connectivity index (χ0n) is 33.1. The zero-order valence-corrected chi connectivity index (χ0v) is 36.1. The molecule has 59 heavy (non-hydrogen) atoms. The Kier molecular flexibility index (Phi) is 12.3. The molecule has 8 rings (SSSR count). The number of hydrogen-bond acceptors (Lipinski definition) is 4. The monoisotopic (exact) mass is 888 g/mol. The maximum Gasteiger partial charge on any atom is 0.422 e. The van der Waals surface area contributed by atoms with Crippen molar-refractivity contribution in [2.75, 3.05) is 6.61 Å². The van der Waals surface area contributed by atoms with Crippen molar-refractivity contribution >= 4 is 58.2 Å². The van der Waals surface area contributed by atoms with E-state index in [1.54, 1.807) is 18.2 Å². The second-order valence-corrected chi connectivity index (χ2v) is 18.8. The molecule has 0 aromatic heterocycles. The fourth-order valence-corrected chi connectivity index (χ4v) is 11.8. The average Bonchev–Trinajstić information content (AvgIpc) is 3.55. The van der Waals surface area contributed by atoms with E-state index in [2.05, 4.69) is 36.6 Å². The Hall–Kier alpha value is -3.63. The van der Waals surface area contributed by atoms with Crippen LogP contribution in [0.2, 0.25) is 20.1 Å². The number of nitrogens with one attached hydrogen (secondary N) is 2. The average molecular weight is 891 g/mol. The highest BCUT2D eigenvalue weighted by molar-refractivity contribution is 6.32. The van der Waals surface area contributed by atoms with Crippen LogP contribution in [0.5, 0.6) is 11.5 Å². The molecule has 3 N–H and O–H groups in total. The van der Waals surface area contributed by atoms with Gasteiger partial charge in [-0.15, -0.1) is 0 Å². The first-order valence-corrected chi connectivity index (χ1v) is 21.4. The third kappa shape index (κ3) is 8.51. The smallest absolute Gasteiger partial charge is 0.422 e. The van der Waals surface area contributed by atoms with Crippen LogP contribution in [0.25, 0.3) is 0 Å². The molecule has 2 heterocycles. The summed E-state index contributed by atoms with van der Waals surface area (Å²) in [5.41, 5.74) is 3.23. The molecule has 0 bridgehead atoms. The van der Waals surface area contributed by atoms with Gasteiger partial charge in [-0.25, -0.2) is 0 Å². The minimum absolute atomic E-state index is 0.00596. The highest BCUT2D eigenvalue weighted by Crippen LogP contribution is 2.61. The van der Waals surface area contributed by atoms with Crippen molar-refractivity contribution in [1.82, 2.24) is 10.6 Å². The summed E-state index contributed by atoms with van der Waals surface area (Å²) in [6.45, 7) is 6.86. The number of benzene rings is 4. The van der Waals surface area contributed by atoms with E-state index in [9.17, 15) is 27.9 Å². The maximum atomic E-state index is 12.8. The van der Waals surface area contributed by atoms with Crippen LogP contribution in [-0.2, 0) is 9.59 Å². The molecule has 2 saturated carbocycles. The molecule has 2 amide bonds. The summed E-state index contributed by atoms with van der Waals surface area (Å²) in [6, 6.07) is 25.6. The van der Waals surface area contributed by atoms with Crippen molar-refractivity contribution in [2.24, 2.45) is 22.7 Å². The number of fused-ring (bicyclic) bond motifs is 2. The number of amides is 2. The van der Waals surface area contributed by atoms with Crippen LogP contribution in [0, 0.1) is 22.7 Å². The molecule has 0 spiro atoms. The van der Waals surface area contributed by atoms with Crippen LogP contribution in [0.1, 0.15) is 99.3 Å². The molecular weight excluding hydrogens is 843 g/mol. The summed E-state index contributed by atoms with van der Waals surface area (Å²) in [5.74, 6) is 0.937. The quantitative estimate of drug-likeness (QED) is 0.180. The molecule has 6 nitrogen and oxygen atoms in total. The van der Waals surface area contributed by atoms with Gasteiger partial charge in [-0.2, -0.15) is 13.2 Å². The molecule has 0 radical (unpaired) electrons. The summed E-state index contributed by atoms with van der Waals surface area (Å²) >= 11 is 25.3. The lowest BCUT2D eigenvalue weighted by atomic mass is 9.56. The van der Waals surface area contributed by atoms with E-state index >= 15 is 0 Å². The van der Waals surface area contributed by atoms with Gasteiger partial charge < -0.3 is 20.5 Å². The molecule has 0 unspecified atom stereocenters. The number of carbonyl (C=O) groups is 2. The highest BCUT2D eigenvalue weighted by atomic mass is 35.5. The summed E-state index contributed by atoms with van der Waals surface area (Å²) in [7, 11) is 0. The first kappa shape index (κ1) is 43.5. The fraction of sp³-hybridized carbons (Fsp3) is 0.435. The van der Waals surface area contributed by atoms with E-state index in [1.165, 1.54) is 17.7 Å². The van der Waals surface area contributed by atoms with Gasteiger partial charge in [0.05, 0.1) is 10.8 Å². The van der Waals surface area contributed by atoms with Crippen molar-refractivity contribution in [3.8, 4) is 11.5 Å². The lowest BCUT2D eigenvalue weighted by Gasteiger charge is -2.46. The Morgan fingerprint density at radius 2 is 1.10 bits per heavy atom. The van der Waals surface area contributed by atoms with Gasteiger partial charge in [0.2, 0.25) is 11.8 Å². The van der Waals surface area contributed by atoms with Gasteiger partial charge in [-0.1, -0.05) is 96.6 Å². The number of phenolic OH excluding ortho intramolecular Hbond substituents is 1. The SMILES string of the molecule is C[C@H]1NC(=O)[C@]2(C)CC[C@@H](c3ccc(O)cc3Cl)[C@H](c3ccc(Cl)cc3)[C@H]12.C[C@H]1NC(=O)[C@]2(C)CC[C@@H](c3ccc(OCC(F)(F)F)cc3Cl)[C@H](c3ccc(Cl)cc3)[C@H]12. The number of carbonyl (C=O) groups excluding carboxylic acids is 2. The maximum absolute atomic E-state index is 12.8. The minimum atomic E-state index is -4.42. The molecule has 4 aromatic rings. The number of alkyl halides is 3. The van der Waals surface area contributed by atoms with E-state index in [-0.39, 0.29) is 76.3 Å². The standard InChI is InChI=1S/C24H24Cl2F3NO2.C22H23Cl2NO2/c1-13-21-20(14-3-5-15(25)6-4-14)18(9-10-23(21,2)22(31)30-13)17-8-7-16(11-19(17)26)32-12-24(27,28)29;1-12-20-19(13-3-5-14(23)6-4-13)17(9-10-22(20,2)21(27)25-12)16-8-7-15(26)11-18(16)24/h3-8,11,13,18,20-21H,9-10,12H2,1-2H3,(H,30,31);3-8,11-12,17,19-20,26H,9-10H2,1-2H3,(H,25,27)/t13-,18+,20+,21+,23-;12-,17+,19+,20+,22-/m11/s1. The molecule has 4 aromatic carbocycles. The topological polar surface area (TPSA) is 87.7 Å². The Morgan fingerprint density at radius 3 is 1.51 bits per heavy atom. The van der Waals surface area contributed by atoms with Crippen LogP contribution in [-0.4, -0.2) is 41.8 Å². The van der Waals surface area contributed by atoms with E-state index in [0.29, 0.717) is 26.5 Å². The lowest BCUT2D eigenvalue weighted by molar-refractivity contribution is -0.153. The van der Waals surface area contributed by atoms with E-state index < -0.39 is 18.2 Å². The van der Waals surface area contributed by atoms with Crippen LogP contribution in [0.3, 0.4) is 0 Å². The Morgan fingerprint density at radius 1 is 0.678 bits per heavy atom. The first-order valence-electron chi connectivity index (χ1n) is 19.9. The predicted molar refractivity (Wildman–Crippen MR) is 227 cm³/mol. The molecule has 2 saturated heterocycles. The molecular formula is C46H47Cl4F3N2O4. The van der Waals surface area contributed by atoms with E-state index in [4.69, 9.17) is 51.1 Å². The first-order chi connectivity index (χ1) is 27.8. The van der Waals surface area contributed by atoms with Crippen LogP contribution in [0.15, 0.2) is 84.9 Å². The van der Waals surface area contributed by atoms with Gasteiger partial charge >= 0.3 is 6.18 Å². The summed E-state index contributed by atoms with van der Waals surface area (Å²) in [6.07, 6.45) is -1.31. The van der Waals surface area contributed by atoms with Crippen molar-refractivity contribution < 1.29 is 32.6 Å². The molecule has 314 valence electrons. The summed E-state index contributed by atoms with van der Waals surface area (Å²) in [4.78, 5) is 25.5. The third-order valence-corrected chi connectivity index (χ3v) is 14.7. The number of ether oxygens (including phenoxy) is 1. The van der Waals surface area contributed by atoms with Gasteiger partial charge in [-0.3, -0.25) is 9.59 Å². The van der Waals surface area contributed by atoms with Crippen molar-refractivity contribution in [3.63, 3.8) is 0 Å². The zero-order chi connectivity index (χ0) is 42.6. The largest absolute Gasteiger partial charge is 0.508 e. The molecule has 4 aliphatic rings. The molecule has 4 fully saturated rings. The van der Waals surface area contributed by atoms with E-state index in [1.807, 2.05) is 56.3 Å². The molecule has 13 heteroatoms. The lowest BCUT2D eigenvalue weighted by Crippen LogP contribution is -2.42. The van der Waals surface area contributed by atoms with Crippen molar-refractivity contribution in [2.45, 2.75) is 95.3 Å².